The fraction of sp³-hybridized carbons (Fsp3) is 0.750. The van der Waals surface area contributed by atoms with Crippen LogP contribution in [0.4, 0.5) is 4.79 Å². The number of ether oxygens (including phenoxy) is 2. The number of rotatable bonds is 3. The van der Waals surface area contributed by atoms with Crippen molar-refractivity contribution in [1.29, 1.82) is 0 Å². The van der Waals surface area contributed by atoms with Gasteiger partial charge < -0.3 is 14.8 Å². The third kappa shape index (κ3) is 4.13. The second-order valence-corrected chi connectivity index (χ2v) is 4.94. The van der Waals surface area contributed by atoms with E-state index in [0.717, 1.165) is 18.6 Å². The number of methoxy groups -OCH3 is 1. The Balaban J connectivity index is 2.36. The normalized spacial score (nSPS) is 15.1. The molecule has 0 aliphatic heterocycles. The van der Waals surface area contributed by atoms with Crippen LogP contribution in [0, 0.1) is 0 Å². The van der Waals surface area contributed by atoms with E-state index in [4.69, 9.17) is 9.47 Å². The Morgan fingerprint density at radius 2 is 2.00 bits per heavy atom. The lowest BCUT2D eigenvalue weighted by Crippen LogP contribution is -2.34. The van der Waals surface area contributed by atoms with E-state index in [1.807, 2.05) is 20.8 Å². The number of nitrogens with one attached hydrogen (secondary N) is 1. The quantitative estimate of drug-likeness (QED) is 0.754. The van der Waals surface area contributed by atoms with Gasteiger partial charge in [-0.1, -0.05) is 0 Å². The van der Waals surface area contributed by atoms with Gasteiger partial charge in [-0.25, -0.2) is 4.79 Å². The first-order valence-corrected chi connectivity index (χ1v) is 5.64. The maximum Gasteiger partial charge on any atom is 0.408 e. The van der Waals surface area contributed by atoms with Crippen molar-refractivity contribution in [3.63, 3.8) is 0 Å². The zero-order valence-corrected chi connectivity index (χ0v) is 10.6. The molecule has 1 amide bonds. The van der Waals surface area contributed by atoms with Gasteiger partial charge in [0.2, 0.25) is 0 Å². The molecule has 4 nitrogen and oxygen atoms in total. The number of carbonyl (C=O) groups excluding carboxylic acids is 1. The van der Waals surface area contributed by atoms with Crippen molar-refractivity contribution in [2.45, 2.75) is 45.6 Å². The molecule has 0 aromatic carbocycles. The Bertz CT molecular complexity index is 283. The lowest BCUT2D eigenvalue weighted by Gasteiger charge is -2.23. The van der Waals surface area contributed by atoms with Crippen LogP contribution in [-0.2, 0) is 9.47 Å². The van der Waals surface area contributed by atoms with Gasteiger partial charge in [0.05, 0.1) is 13.7 Å². The van der Waals surface area contributed by atoms with E-state index >= 15 is 0 Å². The molecular weight excluding hydrogens is 206 g/mol. The minimum Gasteiger partial charge on any atom is -0.499 e. The second kappa shape index (κ2) is 5.23. The summed E-state index contributed by atoms with van der Waals surface area (Å²) >= 11 is 0. The summed E-state index contributed by atoms with van der Waals surface area (Å²) in [6, 6.07) is 0. The number of hydrogen-bond donors (Lipinski definition) is 1. The Kier molecular flexibility index (Phi) is 4.21. The Labute approximate surface area is 97.0 Å². The van der Waals surface area contributed by atoms with Crippen LogP contribution in [0.2, 0.25) is 0 Å². The van der Waals surface area contributed by atoms with E-state index < -0.39 is 11.7 Å². The summed E-state index contributed by atoms with van der Waals surface area (Å²) in [7, 11) is 1.64. The molecule has 0 unspecified atom stereocenters. The van der Waals surface area contributed by atoms with Crippen LogP contribution in [0.5, 0.6) is 0 Å². The van der Waals surface area contributed by atoms with Crippen molar-refractivity contribution in [2.75, 3.05) is 13.7 Å². The van der Waals surface area contributed by atoms with Gasteiger partial charge in [0.1, 0.15) is 11.4 Å². The molecule has 92 valence electrons. The monoisotopic (exact) mass is 227 g/mol. The molecule has 4 heteroatoms. The first-order valence-electron chi connectivity index (χ1n) is 5.64. The lowest BCUT2D eigenvalue weighted by atomic mass is 9.91. The first-order chi connectivity index (χ1) is 7.42. The van der Waals surface area contributed by atoms with Gasteiger partial charge in [0.15, 0.2) is 0 Å². The number of alkyl carbamates (subject to hydrolysis) is 1. The Hall–Kier alpha value is -1.19. The molecule has 1 rings (SSSR count). The van der Waals surface area contributed by atoms with Gasteiger partial charge >= 0.3 is 6.09 Å². The molecule has 0 heterocycles. The van der Waals surface area contributed by atoms with E-state index in [9.17, 15) is 4.79 Å². The third-order valence-corrected chi connectivity index (χ3v) is 2.39. The zero-order chi connectivity index (χ0) is 12.2. The topological polar surface area (TPSA) is 47.6 Å². The Morgan fingerprint density at radius 3 is 2.38 bits per heavy atom. The van der Waals surface area contributed by atoms with Gasteiger partial charge in [0, 0.05) is 0 Å². The van der Waals surface area contributed by atoms with Gasteiger partial charge in [-0.15, -0.1) is 0 Å². The minimum absolute atomic E-state index is 0.401. The molecule has 0 spiro atoms. The summed E-state index contributed by atoms with van der Waals surface area (Å²) in [5.74, 6) is 0.872. The van der Waals surface area contributed by atoms with E-state index in [1.165, 1.54) is 12.0 Å². The van der Waals surface area contributed by atoms with Crippen LogP contribution in [0.1, 0.15) is 40.0 Å². The van der Waals surface area contributed by atoms with Crippen molar-refractivity contribution < 1.29 is 14.3 Å². The predicted molar refractivity (Wildman–Crippen MR) is 62.1 cm³/mol. The van der Waals surface area contributed by atoms with Crippen LogP contribution < -0.4 is 5.32 Å². The van der Waals surface area contributed by atoms with Gasteiger partial charge in [-0.3, -0.25) is 0 Å². The van der Waals surface area contributed by atoms with E-state index in [-0.39, 0.29) is 0 Å². The van der Waals surface area contributed by atoms with Crippen LogP contribution >= 0.6 is 0 Å². The number of allylic oxidation sites excluding steroid dienone is 1. The van der Waals surface area contributed by atoms with Crippen LogP contribution in [-0.4, -0.2) is 25.3 Å². The van der Waals surface area contributed by atoms with Crippen molar-refractivity contribution in [1.82, 2.24) is 5.32 Å². The van der Waals surface area contributed by atoms with Gasteiger partial charge in [-0.05, 0) is 45.6 Å². The van der Waals surface area contributed by atoms with Crippen molar-refractivity contribution in [2.24, 2.45) is 0 Å². The highest BCUT2D eigenvalue weighted by Crippen LogP contribution is 2.28. The second-order valence-electron chi connectivity index (χ2n) is 4.94. The standard InChI is InChI=1S/C12H21NO3/c1-12(2,3)16-11(14)13-8-10(15-4)9-6-5-7-9/h5-8H2,1-4H3,(H,13,14). The van der Waals surface area contributed by atoms with E-state index in [2.05, 4.69) is 5.32 Å². The molecule has 1 aliphatic carbocycles. The highest BCUT2D eigenvalue weighted by atomic mass is 16.6. The molecule has 1 N–H and O–H groups in total. The average Bonchev–Trinajstić information content (AvgIpc) is 2.05. The summed E-state index contributed by atoms with van der Waals surface area (Å²) < 4.78 is 10.4. The molecule has 0 bridgehead atoms. The van der Waals surface area contributed by atoms with Crippen molar-refractivity contribution in [3.05, 3.63) is 11.3 Å². The molecule has 1 fully saturated rings. The van der Waals surface area contributed by atoms with Crippen molar-refractivity contribution in [3.8, 4) is 0 Å². The number of carbonyl (C=O) groups is 1. The fourth-order valence-electron chi connectivity index (χ4n) is 1.44. The molecule has 0 radical (unpaired) electrons. The maximum atomic E-state index is 11.4. The highest BCUT2D eigenvalue weighted by Gasteiger charge is 2.18. The van der Waals surface area contributed by atoms with Crippen LogP contribution in [0.3, 0.4) is 0 Å². The van der Waals surface area contributed by atoms with Crippen molar-refractivity contribution >= 4 is 6.09 Å². The van der Waals surface area contributed by atoms with E-state index in [1.54, 1.807) is 7.11 Å². The first kappa shape index (κ1) is 12.9. The summed E-state index contributed by atoms with van der Waals surface area (Å²) in [6.45, 7) is 5.94. The molecule has 0 aromatic heterocycles. The molecular formula is C12H21NO3. The van der Waals surface area contributed by atoms with Gasteiger partial charge in [-0.2, -0.15) is 0 Å². The lowest BCUT2D eigenvalue weighted by molar-refractivity contribution is 0.0524. The summed E-state index contributed by atoms with van der Waals surface area (Å²) in [5.41, 5.74) is 0.847. The third-order valence-electron chi connectivity index (χ3n) is 2.39. The molecule has 1 aliphatic rings. The van der Waals surface area contributed by atoms with Crippen LogP contribution in [0.25, 0.3) is 0 Å². The van der Waals surface area contributed by atoms with E-state index in [0.29, 0.717) is 6.54 Å². The fourth-order valence-corrected chi connectivity index (χ4v) is 1.44. The zero-order valence-electron chi connectivity index (χ0n) is 10.6. The molecule has 1 saturated carbocycles. The highest BCUT2D eigenvalue weighted by molar-refractivity contribution is 5.68. The molecule has 16 heavy (non-hydrogen) atoms. The summed E-state index contributed by atoms with van der Waals surface area (Å²) in [6.07, 6.45) is 2.98. The number of amides is 1. The molecule has 0 saturated heterocycles. The van der Waals surface area contributed by atoms with Crippen LogP contribution in [0.15, 0.2) is 11.3 Å². The molecule has 0 aromatic rings. The predicted octanol–water partition coefficient (Wildman–Crippen LogP) is 2.60. The minimum atomic E-state index is -0.457. The summed E-state index contributed by atoms with van der Waals surface area (Å²) in [5, 5.41) is 2.70. The molecule has 0 atom stereocenters. The number of hydrogen-bond acceptors (Lipinski definition) is 3. The maximum absolute atomic E-state index is 11.4. The average molecular weight is 227 g/mol. The van der Waals surface area contributed by atoms with Gasteiger partial charge in [0.25, 0.3) is 0 Å². The largest absolute Gasteiger partial charge is 0.499 e. The SMILES string of the molecule is COC(CNC(=O)OC(C)(C)C)=C1CCC1. The smallest absolute Gasteiger partial charge is 0.408 e. The summed E-state index contributed by atoms with van der Waals surface area (Å²) in [4.78, 5) is 11.4. The Morgan fingerprint density at radius 1 is 1.38 bits per heavy atom.